The van der Waals surface area contributed by atoms with Crippen LogP contribution in [0.15, 0.2) is 35.7 Å². The van der Waals surface area contributed by atoms with Crippen LogP contribution in [0, 0.1) is 10.1 Å². The van der Waals surface area contributed by atoms with Gasteiger partial charge in [0.05, 0.1) is 17.5 Å². The van der Waals surface area contributed by atoms with Crippen LogP contribution in [0.5, 0.6) is 0 Å². The molecule has 7 nitrogen and oxygen atoms in total. The van der Waals surface area contributed by atoms with Crippen LogP contribution in [0.1, 0.15) is 33.8 Å². The number of nitro groups is 1. The van der Waals surface area contributed by atoms with Gasteiger partial charge in [-0.05, 0) is 36.4 Å². The molecule has 3 rings (SSSR count). The highest BCUT2D eigenvalue weighted by Gasteiger charge is 2.28. The van der Waals surface area contributed by atoms with E-state index in [-0.39, 0.29) is 29.7 Å². The van der Waals surface area contributed by atoms with Gasteiger partial charge in [0.2, 0.25) is 5.91 Å². The predicted molar refractivity (Wildman–Crippen MR) is 93.6 cm³/mol. The Hall–Kier alpha value is -2.74. The van der Waals surface area contributed by atoms with Gasteiger partial charge in [0.25, 0.3) is 11.6 Å². The zero-order valence-corrected chi connectivity index (χ0v) is 14.4. The van der Waals surface area contributed by atoms with Crippen molar-refractivity contribution in [3.05, 3.63) is 61.8 Å². The van der Waals surface area contributed by atoms with E-state index in [1.807, 2.05) is 18.4 Å². The Balaban J connectivity index is 1.62. The first-order chi connectivity index (χ1) is 12.0. The summed E-state index contributed by atoms with van der Waals surface area (Å²) in [5, 5.41) is 15.4. The zero-order chi connectivity index (χ0) is 18.0. The van der Waals surface area contributed by atoms with E-state index in [0.717, 1.165) is 12.0 Å². The average Bonchev–Trinajstić information content (AvgIpc) is 3.09. The number of hydrogen-bond donors (Lipinski definition) is 1. The van der Waals surface area contributed by atoms with E-state index < -0.39 is 10.8 Å². The molecule has 0 fully saturated rings. The molecule has 25 heavy (non-hydrogen) atoms. The maximum Gasteiger partial charge on any atom is 0.270 e. The van der Waals surface area contributed by atoms with Crippen LogP contribution in [0.2, 0.25) is 0 Å². The van der Waals surface area contributed by atoms with E-state index >= 15 is 0 Å². The third-order valence-corrected chi connectivity index (χ3v) is 5.31. The fourth-order valence-electron chi connectivity index (χ4n) is 2.97. The number of hydrogen-bond acceptors (Lipinski definition) is 5. The van der Waals surface area contributed by atoms with Crippen molar-refractivity contribution >= 4 is 28.8 Å². The first kappa shape index (κ1) is 17.1. The molecule has 1 aliphatic heterocycles. The molecule has 0 aliphatic carbocycles. The Morgan fingerprint density at radius 1 is 1.40 bits per heavy atom. The number of fused-ring (bicyclic) bond motifs is 1. The molecule has 1 aliphatic rings. The summed E-state index contributed by atoms with van der Waals surface area (Å²) in [6, 6.07) is 7.45. The summed E-state index contributed by atoms with van der Waals surface area (Å²) in [7, 11) is 0. The third kappa shape index (κ3) is 3.53. The second-order valence-electron chi connectivity index (χ2n) is 5.80. The Kier molecular flexibility index (Phi) is 4.80. The van der Waals surface area contributed by atoms with E-state index in [0.29, 0.717) is 6.54 Å². The Bertz CT molecular complexity index is 833. The average molecular weight is 359 g/mol. The minimum atomic E-state index is -0.560. The molecule has 8 heteroatoms. The molecular weight excluding hydrogens is 342 g/mol. The molecule has 1 aromatic heterocycles. The molecule has 1 atom stereocenters. The summed E-state index contributed by atoms with van der Waals surface area (Å²) in [4.78, 5) is 37.9. The first-order valence-corrected chi connectivity index (χ1v) is 8.73. The smallest absolute Gasteiger partial charge is 0.270 e. The minimum absolute atomic E-state index is 0.0165. The monoisotopic (exact) mass is 359 g/mol. The number of benzene rings is 1. The summed E-state index contributed by atoms with van der Waals surface area (Å²) >= 11 is 1.70. The second kappa shape index (κ2) is 7.02. The molecule has 0 unspecified atom stereocenters. The van der Waals surface area contributed by atoms with Crippen molar-refractivity contribution < 1.29 is 14.5 Å². The number of nitro benzene ring substituents is 1. The van der Waals surface area contributed by atoms with Gasteiger partial charge in [0.15, 0.2) is 0 Å². The molecule has 0 bridgehead atoms. The van der Waals surface area contributed by atoms with Crippen molar-refractivity contribution in [3.8, 4) is 0 Å². The quantitative estimate of drug-likeness (QED) is 0.671. The fourth-order valence-corrected chi connectivity index (χ4v) is 3.93. The Labute approximate surface area is 148 Å². The SMILES string of the molecule is C[C@H]1c2ccsc2CCN1C(=O)CNC(=O)c1cccc([N+](=O)[O-])c1. The van der Waals surface area contributed by atoms with Gasteiger partial charge >= 0.3 is 0 Å². The van der Waals surface area contributed by atoms with Crippen molar-refractivity contribution in [3.63, 3.8) is 0 Å². The second-order valence-corrected chi connectivity index (χ2v) is 6.80. The van der Waals surface area contributed by atoms with Crippen molar-refractivity contribution in [2.45, 2.75) is 19.4 Å². The van der Waals surface area contributed by atoms with E-state index in [1.54, 1.807) is 16.2 Å². The summed E-state index contributed by atoms with van der Waals surface area (Å²) in [6.07, 6.45) is 0.821. The molecule has 0 saturated carbocycles. The van der Waals surface area contributed by atoms with Gasteiger partial charge in [0, 0.05) is 29.1 Å². The van der Waals surface area contributed by atoms with Crippen LogP contribution in [0.25, 0.3) is 0 Å². The van der Waals surface area contributed by atoms with Crippen molar-refractivity contribution in [2.75, 3.05) is 13.1 Å². The van der Waals surface area contributed by atoms with E-state index in [9.17, 15) is 19.7 Å². The highest BCUT2D eigenvalue weighted by Crippen LogP contribution is 2.32. The number of carbonyl (C=O) groups excluding carboxylic acids is 2. The summed E-state index contributed by atoms with van der Waals surface area (Å²) < 4.78 is 0. The molecule has 0 radical (unpaired) electrons. The topological polar surface area (TPSA) is 92.6 Å². The maximum atomic E-state index is 12.5. The highest BCUT2D eigenvalue weighted by molar-refractivity contribution is 7.10. The highest BCUT2D eigenvalue weighted by atomic mass is 32.1. The predicted octanol–water partition coefficient (Wildman–Crippen LogP) is 2.53. The summed E-state index contributed by atoms with van der Waals surface area (Å²) in [5.74, 6) is -0.666. The van der Waals surface area contributed by atoms with Gasteiger partial charge in [-0.25, -0.2) is 0 Å². The van der Waals surface area contributed by atoms with E-state index in [4.69, 9.17) is 0 Å². The molecular formula is C17H17N3O4S. The lowest BCUT2D eigenvalue weighted by molar-refractivity contribution is -0.384. The summed E-state index contributed by atoms with van der Waals surface area (Å²) in [6.45, 7) is 2.47. The van der Waals surface area contributed by atoms with Gasteiger partial charge in [-0.1, -0.05) is 6.07 Å². The lowest BCUT2D eigenvalue weighted by Gasteiger charge is -2.33. The van der Waals surface area contributed by atoms with Crippen LogP contribution >= 0.6 is 11.3 Å². The maximum absolute atomic E-state index is 12.5. The molecule has 2 amide bonds. The standard InChI is InChI=1S/C17H17N3O4S/c1-11-14-6-8-25-15(14)5-7-19(11)16(21)10-18-17(22)12-3-2-4-13(9-12)20(23)24/h2-4,6,8-9,11H,5,7,10H2,1H3,(H,18,22)/t11-/m0/s1. The van der Waals surface area contributed by atoms with E-state index in [2.05, 4.69) is 5.32 Å². The van der Waals surface area contributed by atoms with Gasteiger partial charge < -0.3 is 10.2 Å². The summed E-state index contributed by atoms with van der Waals surface area (Å²) in [5.41, 5.74) is 1.16. The van der Waals surface area contributed by atoms with Crippen molar-refractivity contribution in [1.82, 2.24) is 10.2 Å². The van der Waals surface area contributed by atoms with Crippen LogP contribution in [0.3, 0.4) is 0 Å². The van der Waals surface area contributed by atoms with E-state index in [1.165, 1.54) is 29.1 Å². The number of thiophene rings is 1. The largest absolute Gasteiger partial charge is 0.343 e. The third-order valence-electron chi connectivity index (χ3n) is 4.32. The molecule has 130 valence electrons. The van der Waals surface area contributed by atoms with Crippen molar-refractivity contribution in [1.29, 1.82) is 0 Å². The van der Waals surface area contributed by atoms with Gasteiger partial charge in [-0.2, -0.15) is 0 Å². The molecule has 0 spiro atoms. The number of nitrogens with zero attached hydrogens (tertiary/aromatic N) is 2. The molecule has 0 saturated heterocycles. The number of nitrogens with one attached hydrogen (secondary N) is 1. The molecule has 2 aromatic rings. The van der Waals surface area contributed by atoms with Gasteiger partial charge in [-0.3, -0.25) is 19.7 Å². The number of carbonyl (C=O) groups is 2. The van der Waals surface area contributed by atoms with Gasteiger partial charge in [0.1, 0.15) is 0 Å². The minimum Gasteiger partial charge on any atom is -0.343 e. The zero-order valence-electron chi connectivity index (χ0n) is 13.6. The van der Waals surface area contributed by atoms with Crippen LogP contribution < -0.4 is 5.32 Å². The Morgan fingerprint density at radius 3 is 2.96 bits per heavy atom. The number of rotatable bonds is 4. The number of non-ortho nitro benzene ring substituents is 1. The number of amides is 2. The Morgan fingerprint density at radius 2 is 2.20 bits per heavy atom. The molecule has 1 aromatic carbocycles. The first-order valence-electron chi connectivity index (χ1n) is 7.85. The molecule has 1 N–H and O–H groups in total. The van der Waals surface area contributed by atoms with Crippen LogP contribution in [-0.4, -0.2) is 34.7 Å². The lowest BCUT2D eigenvalue weighted by atomic mass is 10.0. The van der Waals surface area contributed by atoms with Crippen LogP contribution in [0.4, 0.5) is 5.69 Å². The normalized spacial score (nSPS) is 16.2. The molecule has 2 heterocycles. The van der Waals surface area contributed by atoms with Crippen molar-refractivity contribution in [2.24, 2.45) is 0 Å². The van der Waals surface area contributed by atoms with Crippen LogP contribution in [-0.2, 0) is 11.2 Å². The fraction of sp³-hybridized carbons (Fsp3) is 0.294. The lowest BCUT2D eigenvalue weighted by Crippen LogP contribution is -2.44. The van der Waals surface area contributed by atoms with Gasteiger partial charge in [-0.15, -0.1) is 11.3 Å².